The van der Waals surface area contributed by atoms with Gasteiger partial charge >= 0.3 is 0 Å². The quantitative estimate of drug-likeness (QED) is 0.801. The van der Waals surface area contributed by atoms with Crippen molar-refractivity contribution in [3.63, 3.8) is 0 Å². The number of rotatable bonds is 6. The Morgan fingerprint density at radius 3 is 2.37 bits per heavy atom. The number of hydrogen-bond acceptors (Lipinski definition) is 3. The predicted molar refractivity (Wildman–Crippen MR) is 80.5 cm³/mol. The minimum absolute atomic E-state index is 0.380. The first-order valence-corrected chi connectivity index (χ1v) is 7.88. The van der Waals surface area contributed by atoms with Crippen molar-refractivity contribution in [2.75, 3.05) is 39.9 Å². The molecule has 2 aliphatic rings. The van der Waals surface area contributed by atoms with Crippen molar-refractivity contribution in [2.24, 2.45) is 10.8 Å². The van der Waals surface area contributed by atoms with Crippen molar-refractivity contribution >= 4 is 0 Å². The Morgan fingerprint density at radius 2 is 1.84 bits per heavy atom. The first kappa shape index (κ1) is 15.3. The summed E-state index contributed by atoms with van der Waals surface area (Å²) >= 11 is 0. The number of ether oxygens (including phenoxy) is 1. The van der Waals surface area contributed by atoms with Gasteiger partial charge in [-0.2, -0.15) is 0 Å². The maximum Gasteiger partial charge on any atom is 0.0472 e. The average molecular weight is 268 g/mol. The van der Waals surface area contributed by atoms with Crippen LogP contribution in [0.4, 0.5) is 0 Å². The number of nitrogens with one attached hydrogen (secondary N) is 1. The van der Waals surface area contributed by atoms with Crippen LogP contribution >= 0.6 is 0 Å². The van der Waals surface area contributed by atoms with Crippen molar-refractivity contribution in [1.82, 2.24) is 10.2 Å². The van der Waals surface area contributed by atoms with Crippen molar-refractivity contribution in [1.29, 1.82) is 0 Å². The van der Waals surface area contributed by atoms with Crippen LogP contribution in [0.2, 0.25) is 0 Å². The van der Waals surface area contributed by atoms with E-state index in [1.54, 1.807) is 0 Å². The molecule has 1 saturated heterocycles. The highest BCUT2D eigenvalue weighted by atomic mass is 16.5. The van der Waals surface area contributed by atoms with Gasteiger partial charge in [0.15, 0.2) is 0 Å². The number of nitrogens with zero attached hydrogens (tertiary/aromatic N) is 1. The third-order valence-corrected chi connectivity index (χ3v) is 4.25. The molecule has 0 radical (unpaired) electrons. The summed E-state index contributed by atoms with van der Waals surface area (Å²) in [4.78, 5) is 2.53. The van der Waals surface area contributed by atoms with Crippen LogP contribution in [0.5, 0.6) is 0 Å². The van der Waals surface area contributed by atoms with E-state index in [9.17, 15) is 0 Å². The van der Waals surface area contributed by atoms with Gasteiger partial charge in [-0.1, -0.05) is 20.8 Å². The van der Waals surface area contributed by atoms with Gasteiger partial charge in [0.1, 0.15) is 0 Å². The van der Waals surface area contributed by atoms with Gasteiger partial charge in [0.25, 0.3) is 0 Å². The molecule has 0 aromatic rings. The van der Waals surface area contributed by atoms with E-state index >= 15 is 0 Å². The third kappa shape index (κ3) is 5.41. The predicted octanol–water partition coefficient (Wildman–Crippen LogP) is 2.51. The van der Waals surface area contributed by atoms with Crippen LogP contribution in [0.3, 0.4) is 0 Å². The van der Waals surface area contributed by atoms with E-state index in [4.69, 9.17) is 4.74 Å². The zero-order chi connectivity index (χ0) is 13.9. The lowest BCUT2D eigenvalue weighted by Gasteiger charge is -2.41. The molecule has 112 valence electrons. The molecule has 1 saturated carbocycles. The van der Waals surface area contributed by atoms with Gasteiger partial charge in [0.2, 0.25) is 0 Å². The Bertz CT molecular complexity index is 275. The maximum absolute atomic E-state index is 5.58. The van der Waals surface area contributed by atoms with Gasteiger partial charge in [0.05, 0.1) is 0 Å². The molecule has 0 spiro atoms. The van der Waals surface area contributed by atoms with E-state index in [2.05, 4.69) is 38.0 Å². The zero-order valence-corrected chi connectivity index (χ0v) is 13.3. The van der Waals surface area contributed by atoms with Crippen molar-refractivity contribution in [2.45, 2.75) is 52.5 Å². The summed E-state index contributed by atoms with van der Waals surface area (Å²) in [6, 6.07) is 0.813. The molecule has 1 N–H and O–H groups in total. The van der Waals surface area contributed by atoms with Crippen LogP contribution in [0, 0.1) is 10.8 Å². The normalized spacial score (nSPS) is 23.8. The molecule has 19 heavy (non-hydrogen) atoms. The van der Waals surface area contributed by atoms with E-state index in [1.807, 2.05) is 0 Å². The van der Waals surface area contributed by atoms with Crippen molar-refractivity contribution < 1.29 is 4.74 Å². The van der Waals surface area contributed by atoms with Gasteiger partial charge in [-0.05, 0) is 43.6 Å². The summed E-state index contributed by atoms with van der Waals surface area (Å²) in [5.74, 6) is 0. The van der Waals surface area contributed by atoms with Crippen LogP contribution in [-0.4, -0.2) is 50.8 Å². The fraction of sp³-hybridized carbons (Fsp3) is 1.00. The number of hydrogen-bond donors (Lipinski definition) is 1. The highest BCUT2D eigenvalue weighted by Gasteiger charge is 2.35. The van der Waals surface area contributed by atoms with Crippen LogP contribution in [0.15, 0.2) is 0 Å². The fourth-order valence-corrected chi connectivity index (χ4v) is 3.28. The van der Waals surface area contributed by atoms with Crippen molar-refractivity contribution in [3.05, 3.63) is 0 Å². The van der Waals surface area contributed by atoms with E-state index in [-0.39, 0.29) is 0 Å². The lowest BCUT2D eigenvalue weighted by atomic mass is 9.79. The second kappa shape index (κ2) is 6.11. The van der Waals surface area contributed by atoms with Crippen LogP contribution in [0.25, 0.3) is 0 Å². The molecule has 3 heteroatoms. The summed E-state index contributed by atoms with van der Waals surface area (Å²) in [5, 5.41) is 3.75. The summed E-state index contributed by atoms with van der Waals surface area (Å²) in [6.07, 6.45) is 5.18. The second-order valence-corrected chi connectivity index (χ2v) is 8.00. The molecule has 0 atom stereocenters. The van der Waals surface area contributed by atoms with Gasteiger partial charge in [-0.3, -0.25) is 0 Å². The summed E-state index contributed by atoms with van der Waals surface area (Å²) in [5.41, 5.74) is 0.811. The lowest BCUT2D eigenvalue weighted by Crippen LogP contribution is -2.48. The highest BCUT2D eigenvalue weighted by molar-refractivity contribution is 4.91. The van der Waals surface area contributed by atoms with Gasteiger partial charge in [-0.25, -0.2) is 0 Å². The monoisotopic (exact) mass is 268 g/mol. The molecule has 3 nitrogen and oxygen atoms in total. The first-order valence-electron chi connectivity index (χ1n) is 7.88. The Morgan fingerprint density at radius 1 is 1.21 bits per heavy atom. The molecular formula is C16H32N2O. The topological polar surface area (TPSA) is 24.5 Å². The average Bonchev–Trinajstić information content (AvgIpc) is 3.08. The van der Waals surface area contributed by atoms with Gasteiger partial charge in [-0.15, -0.1) is 0 Å². The molecule has 2 rings (SSSR count). The van der Waals surface area contributed by atoms with Crippen molar-refractivity contribution in [3.8, 4) is 0 Å². The van der Waals surface area contributed by atoms with E-state index in [1.165, 1.54) is 45.3 Å². The fourth-order valence-electron chi connectivity index (χ4n) is 3.28. The first-order chi connectivity index (χ1) is 8.89. The molecule has 0 aromatic carbocycles. The molecule has 2 fully saturated rings. The summed E-state index contributed by atoms with van der Waals surface area (Å²) in [7, 11) is 2.28. The van der Waals surface area contributed by atoms with Gasteiger partial charge < -0.3 is 15.0 Å². The molecule has 0 amide bonds. The summed E-state index contributed by atoms with van der Waals surface area (Å²) < 4.78 is 5.58. The van der Waals surface area contributed by atoms with Crippen LogP contribution < -0.4 is 5.32 Å². The Labute approximate surface area is 119 Å². The summed E-state index contributed by atoms with van der Waals surface area (Å²) in [6.45, 7) is 12.4. The molecule has 1 aliphatic heterocycles. The SMILES string of the molecule is CN(CC(C)(C)C)CC1(CNC2CC2)CCOCC1. The Hall–Kier alpha value is -0.120. The zero-order valence-electron chi connectivity index (χ0n) is 13.3. The molecule has 0 bridgehead atoms. The lowest BCUT2D eigenvalue weighted by molar-refractivity contribution is -0.00448. The minimum atomic E-state index is 0.380. The Balaban J connectivity index is 1.88. The maximum atomic E-state index is 5.58. The third-order valence-electron chi connectivity index (χ3n) is 4.25. The molecule has 1 aliphatic carbocycles. The van der Waals surface area contributed by atoms with E-state index in [0.29, 0.717) is 10.8 Å². The second-order valence-electron chi connectivity index (χ2n) is 8.00. The molecule has 1 heterocycles. The molecular weight excluding hydrogens is 236 g/mol. The van der Waals surface area contributed by atoms with E-state index < -0.39 is 0 Å². The minimum Gasteiger partial charge on any atom is -0.381 e. The van der Waals surface area contributed by atoms with Crippen LogP contribution in [-0.2, 0) is 4.74 Å². The van der Waals surface area contributed by atoms with Crippen LogP contribution in [0.1, 0.15) is 46.5 Å². The van der Waals surface area contributed by atoms with E-state index in [0.717, 1.165) is 19.3 Å². The largest absolute Gasteiger partial charge is 0.381 e. The highest BCUT2D eigenvalue weighted by Crippen LogP contribution is 2.33. The molecule has 0 unspecified atom stereocenters. The Kier molecular flexibility index (Phi) is 4.91. The van der Waals surface area contributed by atoms with Gasteiger partial charge in [0, 0.05) is 38.9 Å². The molecule has 0 aromatic heterocycles. The standard InChI is InChI=1S/C16H32N2O/c1-15(2,3)12-18(4)13-16(7-9-19-10-8-16)11-17-14-5-6-14/h14,17H,5-13H2,1-4H3. The smallest absolute Gasteiger partial charge is 0.0472 e.